The molecule has 1 aliphatic heterocycles. The molecule has 0 spiro atoms. The van der Waals surface area contributed by atoms with Crippen molar-refractivity contribution >= 4 is 15.7 Å². The summed E-state index contributed by atoms with van der Waals surface area (Å²) in [6.07, 6.45) is 0.723. The molecule has 0 radical (unpaired) electrons. The summed E-state index contributed by atoms with van der Waals surface area (Å²) in [5.41, 5.74) is 0. The zero-order valence-corrected chi connectivity index (χ0v) is 11.2. The van der Waals surface area contributed by atoms with Crippen molar-refractivity contribution in [2.75, 3.05) is 6.54 Å². The number of benzene rings is 1. The maximum Gasteiger partial charge on any atom is 0.538 e. The molecule has 1 fully saturated rings. The SMILES string of the molecule is N#[N+]/C(=C(/O)N1CCCC1=O)S(=O)(=O)c1ccccc1. The first-order valence-electron chi connectivity index (χ1n) is 5.87. The summed E-state index contributed by atoms with van der Waals surface area (Å²) in [7, 11) is -4.19. The van der Waals surface area contributed by atoms with Gasteiger partial charge in [-0.15, -0.1) is 0 Å². The predicted molar refractivity (Wildman–Crippen MR) is 69.3 cm³/mol. The van der Waals surface area contributed by atoms with Crippen molar-refractivity contribution < 1.29 is 18.3 Å². The molecule has 0 aliphatic carbocycles. The normalized spacial score (nSPS) is 16.8. The molecule has 1 N–H and O–H groups in total. The van der Waals surface area contributed by atoms with E-state index < -0.39 is 26.7 Å². The molecule has 0 atom stereocenters. The van der Waals surface area contributed by atoms with Crippen LogP contribution in [0.5, 0.6) is 0 Å². The smallest absolute Gasteiger partial charge is 0.488 e. The van der Waals surface area contributed by atoms with Crippen LogP contribution in [0.25, 0.3) is 4.98 Å². The molecule has 1 aromatic rings. The van der Waals surface area contributed by atoms with Gasteiger partial charge in [-0.2, -0.15) is 0 Å². The first-order valence-corrected chi connectivity index (χ1v) is 7.35. The van der Waals surface area contributed by atoms with E-state index in [0.717, 1.165) is 4.90 Å². The molecular formula is C12H12N3O4S+. The number of carbonyl (C=O) groups is 1. The van der Waals surface area contributed by atoms with Gasteiger partial charge in [0.2, 0.25) is 11.3 Å². The molecule has 104 valence electrons. The van der Waals surface area contributed by atoms with E-state index in [9.17, 15) is 18.3 Å². The van der Waals surface area contributed by atoms with Crippen molar-refractivity contribution in [3.63, 3.8) is 0 Å². The molecule has 1 amide bonds. The largest absolute Gasteiger partial charge is 0.538 e. The predicted octanol–water partition coefficient (Wildman–Crippen LogP) is 1.62. The lowest BCUT2D eigenvalue weighted by atomic mass is 10.4. The van der Waals surface area contributed by atoms with E-state index in [1.807, 2.05) is 0 Å². The average Bonchev–Trinajstić information content (AvgIpc) is 2.86. The van der Waals surface area contributed by atoms with Gasteiger partial charge in [0.25, 0.3) is 9.84 Å². The van der Waals surface area contributed by atoms with Crippen LogP contribution in [0, 0.1) is 5.39 Å². The van der Waals surface area contributed by atoms with Gasteiger partial charge in [-0.1, -0.05) is 18.2 Å². The van der Waals surface area contributed by atoms with Crippen LogP contribution in [0.15, 0.2) is 46.1 Å². The standard InChI is InChI=1S/C12H11N3O4S/c13-14-11(12(17)15-8-4-7-10(15)16)20(18,19)9-5-2-1-3-6-9/h1-3,5-6H,4,7-8H2/p+1/b12-11-. The van der Waals surface area contributed by atoms with Crippen LogP contribution in [0.4, 0.5) is 0 Å². The summed E-state index contributed by atoms with van der Waals surface area (Å²) in [5, 5.41) is 17.9. The highest BCUT2D eigenvalue weighted by Crippen LogP contribution is 2.26. The lowest BCUT2D eigenvalue weighted by Gasteiger charge is -2.11. The fourth-order valence-electron chi connectivity index (χ4n) is 1.92. The summed E-state index contributed by atoms with van der Waals surface area (Å²) in [6, 6.07) is 7.24. The Morgan fingerprint density at radius 1 is 1.30 bits per heavy atom. The number of rotatable bonds is 3. The van der Waals surface area contributed by atoms with E-state index in [1.54, 1.807) is 6.07 Å². The van der Waals surface area contributed by atoms with Crippen molar-refractivity contribution in [2.45, 2.75) is 17.7 Å². The van der Waals surface area contributed by atoms with Crippen molar-refractivity contribution in [3.05, 3.63) is 46.2 Å². The van der Waals surface area contributed by atoms with Gasteiger partial charge in [0.15, 0.2) is 4.98 Å². The van der Waals surface area contributed by atoms with Crippen LogP contribution in [0.3, 0.4) is 0 Å². The second-order valence-electron chi connectivity index (χ2n) is 4.19. The van der Waals surface area contributed by atoms with Gasteiger partial charge in [0.05, 0.1) is 4.90 Å². The number of diazo groups is 1. The monoisotopic (exact) mass is 294 g/mol. The molecule has 20 heavy (non-hydrogen) atoms. The molecule has 8 heteroatoms. The van der Waals surface area contributed by atoms with Gasteiger partial charge in [0, 0.05) is 13.0 Å². The van der Waals surface area contributed by atoms with E-state index in [4.69, 9.17) is 5.39 Å². The minimum absolute atomic E-state index is 0.133. The summed E-state index contributed by atoms with van der Waals surface area (Å²) >= 11 is 0. The van der Waals surface area contributed by atoms with Crippen molar-refractivity contribution in [1.29, 1.82) is 5.39 Å². The molecule has 1 aromatic carbocycles. The van der Waals surface area contributed by atoms with Gasteiger partial charge >= 0.3 is 10.9 Å². The Morgan fingerprint density at radius 2 is 1.95 bits per heavy atom. The zero-order chi connectivity index (χ0) is 14.8. The Morgan fingerprint density at radius 3 is 2.45 bits per heavy atom. The lowest BCUT2D eigenvalue weighted by Crippen LogP contribution is -2.26. The highest BCUT2D eigenvalue weighted by molar-refractivity contribution is 7.95. The third-order valence-electron chi connectivity index (χ3n) is 2.92. The van der Waals surface area contributed by atoms with Gasteiger partial charge < -0.3 is 5.11 Å². The van der Waals surface area contributed by atoms with E-state index in [0.29, 0.717) is 6.42 Å². The third-order valence-corrected chi connectivity index (χ3v) is 4.59. The number of hydrogen-bond donors (Lipinski definition) is 1. The number of likely N-dealkylation sites (tertiary alicyclic amines) is 1. The first-order chi connectivity index (χ1) is 9.48. The molecule has 0 saturated carbocycles. The highest BCUT2D eigenvalue weighted by Gasteiger charge is 2.42. The van der Waals surface area contributed by atoms with Gasteiger partial charge in [0.1, 0.15) is 0 Å². The molecule has 7 nitrogen and oxygen atoms in total. The van der Waals surface area contributed by atoms with Crippen LogP contribution < -0.4 is 0 Å². The lowest BCUT2D eigenvalue weighted by molar-refractivity contribution is -0.127. The minimum Gasteiger partial charge on any atom is -0.488 e. The number of hydrogen-bond acceptors (Lipinski definition) is 5. The van der Waals surface area contributed by atoms with Crippen molar-refractivity contribution in [2.24, 2.45) is 0 Å². The molecule has 0 unspecified atom stereocenters. The Balaban J connectivity index is 2.53. The van der Waals surface area contributed by atoms with Crippen LogP contribution in [-0.2, 0) is 14.6 Å². The topological polar surface area (TPSA) is 103 Å². The van der Waals surface area contributed by atoms with Gasteiger partial charge in [-0.25, -0.2) is 8.42 Å². The maximum atomic E-state index is 12.3. The van der Waals surface area contributed by atoms with Crippen LogP contribution in [-0.4, -0.2) is 30.9 Å². The molecule has 1 heterocycles. The maximum absolute atomic E-state index is 12.3. The second kappa shape index (κ2) is 5.30. The van der Waals surface area contributed by atoms with Crippen molar-refractivity contribution in [3.8, 4) is 0 Å². The second-order valence-corrected chi connectivity index (χ2v) is 6.06. The zero-order valence-electron chi connectivity index (χ0n) is 10.4. The van der Waals surface area contributed by atoms with E-state index >= 15 is 0 Å². The van der Waals surface area contributed by atoms with Crippen molar-refractivity contribution in [1.82, 2.24) is 4.90 Å². The molecular weight excluding hydrogens is 282 g/mol. The molecule has 0 bridgehead atoms. The van der Waals surface area contributed by atoms with E-state index in [2.05, 4.69) is 4.98 Å². The quantitative estimate of drug-likeness (QED) is 0.674. The number of sulfone groups is 1. The third kappa shape index (κ3) is 2.35. The Bertz CT molecular complexity index is 704. The number of aliphatic hydroxyl groups excluding tert-OH is 1. The number of amides is 1. The summed E-state index contributed by atoms with van der Waals surface area (Å²) in [4.78, 5) is 14.9. The summed E-state index contributed by atoms with van der Waals surface area (Å²) in [6.45, 7) is 0.188. The molecule has 2 rings (SSSR count). The van der Waals surface area contributed by atoms with Gasteiger partial charge in [-0.3, -0.25) is 9.69 Å². The summed E-state index contributed by atoms with van der Waals surface area (Å²) < 4.78 is 24.5. The Kier molecular flexibility index (Phi) is 3.72. The Labute approximate surface area is 115 Å². The minimum atomic E-state index is -4.19. The van der Waals surface area contributed by atoms with E-state index in [-0.39, 0.29) is 17.9 Å². The van der Waals surface area contributed by atoms with Crippen LogP contribution in [0.2, 0.25) is 0 Å². The van der Waals surface area contributed by atoms with E-state index in [1.165, 1.54) is 24.3 Å². The Hall–Kier alpha value is -2.40. The summed E-state index contributed by atoms with van der Waals surface area (Å²) in [5.74, 6) is -1.26. The number of nitrogens with zero attached hydrogens (tertiary/aromatic N) is 3. The fraction of sp³-hybridized carbons (Fsp3) is 0.250. The highest BCUT2D eigenvalue weighted by atomic mass is 32.2. The molecule has 1 saturated heterocycles. The average molecular weight is 294 g/mol. The van der Waals surface area contributed by atoms with Gasteiger partial charge in [-0.05, 0) is 18.6 Å². The number of carbonyl (C=O) groups excluding carboxylic acids is 1. The number of aliphatic hydroxyl groups is 1. The fourth-order valence-corrected chi connectivity index (χ4v) is 3.11. The molecule has 0 aromatic heterocycles. The van der Waals surface area contributed by atoms with Crippen LogP contribution >= 0.6 is 0 Å². The first kappa shape index (κ1) is 14.0. The molecule has 1 aliphatic rings. The van der Waals surface area contributed by atoms with Crippen LogP contribution in [0.1, 0.15) is 12.8 Å².